The lowest BCUT2D eigenvalue weighted by molar-refractivity contribution is 0.695. The molecule has 0 radical (unpaired) electrons. The number of hydrogen-bond acceptors (Lipinski definition) is 2. The topological polar surface area (TPSA) is 12.0 Å². The monoisotopic (exact) mass is 243 g/mol. The highest BCUT2D eigenvalue weighted by Gasteiger charge is 2.20. The van der Waals surface area contributed by atoms with Gasteiger partial charge in [0, 0.05) is 22.3 Å². The van der Waals surface area contributed by atoms with E-state index in [2.05, 4.69) is 48.6 Å². The van der Waals surface area contributed by atoms with Gasteiger partial charge in [0.25, 0.3) is 0 Å². The molecule has 2 aromatic rings. The minimum absolute atomic E-state index is 0.792. The molecule has 1 aromatic heterocycles. The normalized spacial score (nSPS) is 15.1. The van der Waals surface area contributed by atoms with E-state index in [9.17, 15) is 0 Å². The van der Waals surface area contributed by atoms with E-state index in [1.165, 1.54) is 33.7 Å². The van der Waals surface area contributed by atoms with Gasteiger partial charge >= 0.3 is 0 Å². The number of rotatable bonds is 4. The van der Waals surface area contributed by atoms with Crippen molar-refractivity contribution in [2.45, 2.75) is 32.4 Å². The van der Waals surface area contributed by atoms with Crippen LogP contribution in [0.15, 0.2) is 36.4 Å². The van der Waals surface area contributed by atoms with Gasteiger partial charge in [-0.1, -0.05) is 29.8 Å². The van der Waals surface area contributed by atoms with Crippen LogP contribution in [0.5, 0.6) is 0 Å². The summed E-state index contributed by atoms with van der Waals surface area (Å²) >= 11 is 1.90. The molecule has 0 bridgehead atoms. The Labute approximate surface area is 106 Å². The SMILES string of the molecule is Cc1ccc(-c2ccc(CNC3CC3)s2)cc1. The molecule has 0 saturated heterocycles. The molecule has 1 N–H and O–H groups in total. The maximum atomic E-state index is 3.56. The summed E-state index contributed by atoms with van der Waals surface area (Å²) in [7, 11) is 0. The number of aryl methyl sites for hydroxylation is 1. The lowest BCUT2D eigenvalue weighted by Crippen LogP contribution is -2.14. The van der Waals surface area contributed by atoms with Gasteiger partial charge in [-0.15, -0.1) is 11.3 Å². The van der Waals surface area contributed by atoms with Gasteiger partial charge < -0.3 is 5.32 Å². The minimum atomic E-state index is 0.792. The summed E-state index contributed by atoms with van der Waals surface area (Å²) in [5.41, 5.74) is 2.65. The lowest BCUT2D eigenvalue weighted by Gasteiger charge is -1.99. The highest BCUT2D eigenvalue weighted by atomic mass is 32.1. The molecule has 0 unspecified atom stereocenters. The summed E-state index contributed by atoms with van der Waals surface area (Å²) in [5.74, 6) is 0. The molecular weight excluding hydrogens is 226 g/mol. The maximum absolute atomic E-state index is 3.56. The van der Waals surface area contributed by atoms with Crippen LogP contribution in [0, 0.1) is 6.92 Å². The zero-order valence-corrected chi connectivity index (χ0v) is 10.9. The Morgan fingerprint density at radius 1 is 1.12 bits per heavy atom. The molecule has 0 atom stereocenters. The van der Waals surface area contributed by atoms with E-state index < -0.39 is 0 Å². The first-order valence-corrected chi connectivity index (χ1v) is 7.02. The summed E-state index contributed by atoms with van der Waals surface area (Å²) in [6.45, 7) is 3.16. The van der Waals surface area contributed by atoms with Gasteiger partial charge in [0.1, 0.15) is 0 Å². The Bertz CT molecular complexity index is 494. The summed E-state index contributed by atoms with van der Waals surface area (Å²) in [4.78, 5) is 2.81. The fourth-order valence-electron chi connectivity index (χ4n) is 1.88. The number of thiophene rings is 1. The van der Waals surface area contributed by atoms with Crippen molar-refractivity contribution >= 4 is 11.3 Å². The summed E-state index contributed by atoms with van der Waals surface area (Å²) in [6, 6.07) is 14.0. The highest BCUT2D eigenvalue weighted by molar-refractivity contribution is 7.15. The smallest absolute Gasteiger partial charge is 0.0346 e. The second kappa shape index (κ2) is 4.63. The van der Waals surface area contributed by atoms with Gasteiger partial charge in [-0.2, -0.15) is 0 Å². The van der Waals surface area contributed by atoms with E-state index in [0.717, 1.165) is 12.6 Å². The van der Waals surface area contributed by atoms with Gasteiger partial charge in [-0.05, 0) is 37.5 Å². The van der Waals surface area contributed by atoms with Crippen LogP contribution in [-0.4, -0.2) is 6.04 Å². The van der Waals surface area contributed by atoms with Crippen LogP contribution >= 0.6 is 11.3 Å². The average molecular weight is 243 g/mol. The van der Waals surface area contributed by atoms with Gasteiger partial charge in [-0.25, -0.2) is 0 Å². The fourth-order valence-corrected chi connectivity index (χ4v) is 2.84. The van der Waals surface area contributed by atoms with Gasteiger partial charge in [0.05, 0.1) is 0 Å². The van der Waals surface area contributed by atoms with E-state index in [0.29, 0.717) is 0 Å². The van der Waals surface area contributed by atoms with E-state index in [1.54, 1.807) is 0 Å². The van der Waals surface area contributed by atoms with E-state index in [4.69, 9.17) is 0 Å². The van der Waals surface area contributed by atoms with Crippen LogP contribution in [0.1, 0.15) is 23.3 Å². The predicted molar refractivity (Wildman–Crippen MR) is 74.4 cm³/mol. The summed E-state index contributed by atoms with van der Waals surface area (Å²) < 4.78 is 0. The van der Waals surface area contributed by atoms with Crippen molar-refractivity contribution in [3.8, 4) is 10.4 Å². The van der Waals surface area contributed by atoms with Crippen LogP contribution in [-0.2, 0) is 6.54 Å². The number of nitrogens with one attached hydrogen (secondary N) is 1. The summed E-state index contributed by atoms with van der Waals surface area (Å²) in [5, 5.41) is 3.56. The van der Waals surface area contributed by atoms with Crippen LogP contribution in [0.3, 0.4) is 0 Å². The number of benzene rings is 1. The third kappa shape index (κ3) is 2.76. The molecule has 17 heavy (non-hydrogen) atoms. The molecule has 1 aliphatic rings. The van der Waals surface area contributed by atoms with Gasteiger partial charge in [0.2, 0.25) is 0 Å². The van der Waals surface area contributed by atoms with Crippen molar-refractivity contribution in [1.29, 1.82) is 0 Å². The van der Waals surface area contributed by atoms with Crippen molar-refractivity contribution in [3.05, 3.63) is 46.8 Å². The van der Waals surface area contributed by atoms with Crippen molar-refractivity contribution in [1.82, 2.24) is 5.32 Å². The summed E-state index contributed by atoms with van der Waals surface area (Å²) in [6.07, 6.45) is 2.71. The molecule has 0 aliphatic heterocycles. The quantitative estimate of drug-likeness (QED) is 0.856. The van der Waals surface area contributed by atoms with Crippen molar-refractivity contribution < 1.29 is 0 Å². The lowest BCUT2D eigenvalue weighted by atomic mass is 10.1. The Morgan fingerprint density at radius 2 is 1.88 bits per heavy atom. The zero-order valence-electron chi connectivity index (χ0n) is 10.1. The van der Waals surface area contributed by atoms with Crippen molar-refractivity contribution in [2.75, 3.05) is 0 Å². The van der Waals surface area contributed by atoms with E-state index >= 15 is 0 Å². The van der Waals surface area contributed by atoms with Gasteiger partial charge in [-0.3, -0.25) is 0 Å². The standard InChI is InChI=1S/C15H17NS/c1-11-2-4-12(5-3-11)15-9-8-14(17-15)10-16-13-6-7-13/h2-5,8-9,13,16H,6-7,10H2,1H3. The average Bonchev–Trinajstić information content (AvgIpc) is 3.06. The molecule has 1 aromatic carbocycles. The van der Waals surface area contributed by atoms with Crippen molar-refractivity contribution in [3.63, 3.8) is 0 Å². The highest BCUT2D eigenvalue weighted by Crippen LogP contribution is 2.29. The Kier molecular flexibility index (Phi) is 3.00. The molecule has 2 heteroatoms. The fraction of sp³-hybridized carbons (Fsp3) is 0.333. The molecule has 88 valence electrons. The second-order valence-electron chi connectivity index (χ2n) is 4.79. The Balaban J connectivity index is 1.72. The molecule has 1 aliphatic carbocycles. The largest absolute Gasteiger partial charge is 0.309 e. The first-order valence-electron chi connectivity index (χ1n) is 6.20. The van der Waals surface area contributed by atoms with E-state index in [-0.39, 0.29) is 0 Å². The molecule has 0 spiro atoms. The minimum Gasteiger partial charge on any atom is -0.309 e. The zero-order chi connectivity index (χ0) is 11.7. The molecule has 0 amide bonds. The Morgan fingerprint density at radius 3 is 2.59 bits per heavy atom. The molecule has 1 saturated carbocycles. The molecule has 1 fully saturated rings. The first-order chi connectivity index (χ1) is 8.31. The number of hydrogen-bond donors (Lipinski definition) is 1. The van der Waals surface area contributed by atoms with Gasteiger partial charge in [0.15, 0.2) is 0 Å². The second-order valence-corrected chi connectivity index (χ2v) is 5.96. The van der Waals surface area contributed by atoms with Crippen LogP contribution < -0.4 is 5.32 Å². The van der Waals surface area contributed by atoms with Crippen LogP contribution in [0.2, 0.25) is 0 Å². The first kappa shape index (κ1) is 11.0. The third-order valence-electron chi connectivity index (χ3n) is 3.14. The Hall–Kier alpha value is -1.12. The van der Waals surface area contributed by atoms with E-state index in [1.807, 2.05) is 11.3 Å². The van der Waals surface area contributed by atoms with Crippen LogP contribution in [0.4, 0.5) is 0 Å². The molecule has 3 rings (SSSR count). The molecule has 1 nitrogen and oxygen atoms in total. The third-order valence-corrected chi connectivity index (χ3v) is 4.27. The molecular formula is C15H17NS. The maximum Gasteiger partial charge on any atom is 0.0346 e. The van der Waals surface area contributed by atoms with Crippen molar-refractivity contribution in [2.24, 2.45) is 0 Å². The predicted octanol–water partition coefficient (Wildman–Crippen LogP) is 3.98. The molecule has 1 heterocycles. The van der Waals surface area contributed by atoms with Crippen LogP contribution in [0.25, 0.3) is 10.4 Å².